The summed E-state index contributed by atoms with van der Waals surface area (Å²) in [7, 11) is 2.13. The smallest absolute Gasteiger partial charge is 0.335 e. The zero-order valence-electron chi connectivity index (χ0n) is 10.5. The molecule has 1 aliphatic heterocycles. The number of carboxylic acid groups (broad SMARTS) is 1. The third-order valence-electron chi connectivity index (χ3n) is 3.18. The van der Waals surface area contributed by atoms with Crippen LogP contribution in [0.15, 0.2) is 24.3 Å². The van der Waals surface area contributed by atoms with Gasteiger partial charge in [-0.15, -0.1) is 12.4 Å². The van der Waals surface area contributed by atoms with Crippen molar-refractivity contribution in [3.05, 3.63) is 35.4 Å². The van der Waals surface area contributed by atoms with Crippen molar-refractivity contribution in [2.75, 3.05) is 33.2 Å². The van der Waals surface area contributed by atoms with E-state index in [-0.39, 0.29) is 12.4 Å². The van der Waals surface area contributed by atoms with E-state index in [1.54, 1.807) is 12.1 Å². The largest absolute Gasteiger partial charge is 0.478 e. The van der Waals surface area contributed by atoms with Crippen molar-refractivity contribution >= 4 is 18.4 Å². The van der Waals surface area contributed by atoms with Crippen LogP contribution >= 0.6 is 12.4 Å². The van der Waals surface area contributed by atoms with Crippen molar-refractivity contribution in [1.29, 1.82) is 0 Å². The van der Waals surface area contributed by atoms with Crippen molar-refractivity contribution in [3.63, 3.8) is 0 Å². The van der Waals surface area contributed by atoms with Crippen LogP contribution in [0.1, 0.15) is 15.9 Å². The van der Waals surface area contributed by atoms with Crippen LogP contribution in [-0.2, 0) is 6.54 Å². The number of hydrogen-bond acceptors (Lipinski definition) is 3. The summed E-state index contributed by atoms with van der Waals surface area (Å²) in [5.41, 5.74) is 1.45. The van der Waals surface area contributed by atoms with Gasteiger partial charge in [0.2, 0.25) is 0 Å². The van der Waals surface area contributed by atoms with E-state index in [1.165, 1.54) is 0 Å². The monoisotopic (exact) mass is 270 g/mol. The summed E-state index contributed by atoms with van der Waals surface area (Å²) in [5.74, 6) is -0.856. The van der Waals surface area contributed by atoms with Gasteiger partial charge < -0.3 is 10.0 Å². The molecule has 1 fully saturated rings. The maximum Gasteiger partial charge on any atom is 0.335 e. The molecule has 1 aliphatic rings. The molecule has 1 heterocycles. The number of carboxylic acids is 1. The number of carbonyl (C=O) groups is 1. The quantitative estimate of drug-likeness (QED) is 0.905. The lowest BCUT2D eigenvalue weighted by Crippen LogP contribution is -2.43. The van der Waals surface area contributed by atoms with Crippen LogP contribution in [0, 0.1) is 0 Å². The molecule has 1 aromatic carbocycles. The van der Waals surface area contributed by atoms with Crippen molar-refractivity contribution in [2.45, 2.75) is 6.54 Å². The highest BCUT2D eigenvalue weighted by Crippen LogP contribution is 2.10. The van der Waals surface area contributed by atoms with Gasteiger partial charge in [0.15, 0.2) is 0 Å². The molecule has 5 heteroatoms. The molecule has 0 aromatic heterocycles. The summed E-state index contributed by atoms with van der Waals surface area (Å²) in [6, 6.07) is 7.20. The van der Waals surface area contributed by atoms with Crippen LogP contribution in [0.4, 0.5) is 0 Å². The molecule has 1 saturated heterocycles. The second-order valence-electron chi connectivity index (χ2n) is 4.58. The van der Waals surface area contributed by atoms with Crippen LogP contribution in [0.2, 0.25) is 0 Å². The molecule has 0 radical (unpaired) electrons. The van der Waals surface area contributed by atoms with E-state index in [9.17, 15) is 4.79 Å². The lowest BCUT2D eigenvalue weighted by atomic mass is 10.1. The minimum Gasteiger partial charge on any atom is -0.478 e. The van der Waals surface area contributed by atoms with Crippen molar-refractivity contribution in [1.82, 2.24) is 9.80 Å². The highest BCUT2D eigenvalue weighted by molar-refractivity contribution is 5.87. The van der Waals surface area contributed by atoms with Gasteiger partial charge in [0.1, 0.15) is 0 Å². The van der Waals surface area contributed by atoms with Crippen molar-refractivity contribution in [2.24, 2.45) is 0 Å². The van der Waals surface area contributed by atoms with E-state index >= 15 is 0 Å². The molecule has 0 atom stereocenters. The highest BCUT2D eigenvalue weighted by atomic mass is 35.5. The van der Waals surface area contributed by atoms with Crippen LogP contribution in [0.3, 0.4) is 0 Å². The van der Waals surface area contributed by atoms with Gasteiger partial charge in [-0.05, 0) is 24.7 Å². The molecule has 0 bridgehead atoms. The fourth-order valence-corrected chi connectivity index (χ4v) is 2.07. The van der Waals surface area contributed by atoms with E-state index < -0.39 is 5.97 Å². The molecule has 0 unspecified atom stereocenters. The molecular formula is C13H19ClN2O2. The number of rotatable bonds is 3. The van der Waals surface area contributed by atoms with Gasteiger partial charge in [-0.1, -0.05) is 12.1 Å². The van der Waals surface area contributed by atoms with E-state index in [1.807, 2.05) is 12.1 Å². The average Bonchev–Trinajstić information content (AvgIpc) is 2.32. The second kappa shape index (κ2) is 6.73. The SMILES string of the molecule is CN1CCN(Cc2cccc(C(=O)O)c2)CC1.Cl. The molecule has 4 nitrogen and oxygen atoms in total. The number of likely N-dealkylation sites (N-methyl/N-ethyl adjacent to an activating group) is 1. The minimum absolute atomic E-state index is 0. The van der Waals surface area contributed by atoms with Gasteiger partial charge in [-0.25, -0.2) is 4.79 Å². The highest BCUT2D eigenvalue weighted by Gasteiger charge is 2.14. The van der Waals surface area contributed by atoms with E-state index in [4.69, 9.17) is 5.11 Å². The molecule has 100 valence electrons. The summed E-state index contributed by atoms with van der Waals surface area (Å²) < 4.78 is 0. The lowest BCUT2D eigenvalue weighted by molar-refractivity contribution is 0.0696. The normalized spacial score (nSPS) is 17.2. The summed E-state index contributed by atoms with van der Waals surface area (Å²) in [5, 5.41) is 8.93. The van der Waals surface area contributed by atoms with Gasteiger partial charge in [-0.2, -0.15) is 0 Å². The van der Waals surface area contributed by atoms with Gasteiger partial charge in [0.05, 0.1) is 5.56 Å². The van der Waals surface area contributed by atoms with E-state index in [2.05, 4.69) is 16.8 Å². The van der Waals surface area contributed by atoms with E-state index in [0.29, 0.717) is 5.56 Å². The van der Waals surface area contributed by atoms with Gasteiger partial charge in [0, 0.05) is 32.7 Å². The molecule has 0 amide bonds. The molecule has 1 aromatic rings. The molecule has 0 saturated carbocycles. The predicted molar refractivity (Wildman–Crippen MR) is 73.4 cm³/mol. The van der Waals surface area contributed by atoms with Crippen LogP contribution < -0.4 is 0 Å². The van der Waals surface area contributed by atoms with Gasteiger partial charge >= 0.3 is 5.97 Å². The Balaban J connectivity index is 0.00000162. The molecule has 2 rings (SSSR count). The summed E-state index contributed by atoms with van der Waals surface area (Å²) >= 11 is 0. The van der Waals surface area contributed by atoms with Crippen LogP contribution in [-0.4, -0.2) is 54.1 Å². The number of hydrogen-bond donors (Lipinski definition) is 1. The number of piperazine rings is 1. The fraction of sp³-hybridized carbons (Fsp3) is 0.462. The lowest BCUT2D eigenvalue weighted by Gasteiger charge is -2.32. The summed E-state index contributed by atoms with van der Waals surface area (Å²) in [6.07, 6.45) is 0. The maximum absolute atomic E-state index is 10.9. The van der Waals surface area contributed by atoms with Gasteiger partial charge in [0.25, 0.3) is 0 Å². The first kappa shape index (κ1) is 15.0. The third kappa shape index (κ3) is 3.98. The Morgan fingerprint density at radius 1 is 1.28 bits per heavy atom. The predicted octanol–water partition coefficient (Wildman–Crippen LogP) is 1.55. The Labute approximate surface area is 114 Å². The van der Waals surface area contributed by atoms with Crippen LogP contribution in [0.25, 0.3) is 0 Å². The van der Waals surface area contributed by atoms with E-state index in [0.717, 1.165) is 38.3 Å². The topological polar surface area (TPSA) is 43.8 Å². The number of nitrogens with zero attached hydrogens (tertiary/aromatic N) is 2. The Morgan fingerprint density at radius 2 is 1.94 bits per heavy atom. The maximum atomic E-state index is 10.9. The standard InChI is InChI=1S/C13H18N2O2.ClH/c1-14-5-7-15(8-6-14)10-11-3-2-4-12(9-11)13(16)17;/h2-4,9H,5-8,10H2,1H3,(H,16,17);1H. The average molecular weight is 271 g/mol. The third-order valence-corrected chi connectivity index (χ3v) is 3.18. The first-order valence-electron chi connectivity index (χ1n) is 5.88. The first-order valence-corrected chi connectivity index (χ1v) is 5.88. The number of halogens is 1. The number of aromatic carboxylic acids is 1. The van der Waals surface area contributed by atoms with Crippen molar-refractivity contribution in [3.8, 4) is 0 Å². The van der Waals surface area contributed by atoms with Gasteiger partial charge in [-0.3, -0.25) is 4.90 Å². The zero-order chi connectivity index (χ0) is 12.3. The molecule has 18 heavy (non-hydrogen) atoms. The second-order valence-corrected chi connectivity index (χ2v) is 4.58. The summed E-state index contributed by atoms with van der Waals surface area (Å²) in [6.45, 7) is 5.10. The molecule has 0 spiro atoms. The minimum atomic E-state index is -0.856. The Hall–Kier alpha value is -1.10. The fourth-order valence-electron chi connectivity index (χ4n) is 2.07. The molecular weight excluding hydrogens is 252 g/mol. The zero-order valence-corrected chi connectivity index (χ0v) is 11.3. The number of benzene rings is 1. The Morgan fingerprint density at radius 3 is 2.56 bits per heavy atom. The van der Waals surface area contributed by atoms with Crippen LogP contribution in [0.5, 0.6) is 0 Å². The first-order chi connectivity index (χ1) is 8.15. The Kier molecular flexibility index (Phi) is 5.59. The Bertz CT molecular complexity index is 404. The molecule has 1 N–H and O–H groups in total. The van der Waals surface area contributed by atoms with Crippen molar-refractivity contribution < 1.29 is 9.90 Å². The summed E-state index contributed by atoms with van der Waals surface area (Å²) in [4.78, 5) is 15.5. The molecule has 0 aliphatic carbocycles.